The molecule has 0 amide bonds. The van der Waals surface area contributed by atoms with Gasteiger partial charge in [-0.05, 0) is 12.5 Å². The summed E-state index contributed by atoms with van der Waals surface area (Å²) in [7, 11) is 1.81. The van der Waals surface area contributed by atoms with Gasteiger partial charge in [-0.25, -0.2) is 0 Å². The number of fused-ring (bicyclic) bond motifs is 1. The van der Waals surface area contributed by atoms with E-state index in [-0.39, 0.29) is 11.6 Å². The number of benzene rings is 1. The summed E-state index contributed by atoms with van der Waals surface area (Å²) in [6.07, 6.45) is 0.990. The van der Waals surface area contributed by atoms with Crippen LogP contribution in [-0.4, -0.2) is 23.7 Å². The van der Waals surface area contributed by atoms with Crippen molar-refractivity contribution in [3.63, 3.8) is 0 Å². The van der Waals surface area contributed by atoms with Gasteiger partial charge in [-0.2, -0.15) is 0 Å². The Hall–Kier alpha value is -1.81. The lowest BCUT2D eigenvalue weighted by atomic mass is 10.1. The van der Waals surface area contributed by atoms with Gasteiger partial charge in [0, 0.05) is 37.6 Å². The predicted octanol–water partition coefficient (Wildman–Crippen LogP) is 1.08. The molecule has 0 spiro atoms. The molecule has 1 saturated heterocycles. The molecule has 1 aliphatic rings. The van der Waals surface area contributed by atoms with E-state index in [1.165, 1.54) is 0 Å². The van der Waals surface area contributed by atoms with E-state index in [9.17, 15) is 4.79 Å². The SMILES string of the molecule is Cn1c(=O)cc(N2CCC(N)C2)c2ccccc21. The highest BCUT2D eigenvalue weighted by Gasteiger charge is 2.21. The van der Waals surface area contributed by atoms with Gasteiger partial charge in [-0.1, -0.05) is 18.2 Å². The number of aromatic nitrogens is 1. The molecule has 1 unspecified atom stereocenters. The summed E-state index contributed by atoms with van der Waals surface area (Å²) in [5, 5.41) is 1.12. The van der Waals surface area contributed by atoms with Gasteiger partial charge in [0.1, 0.15) is 0 Å². The van der Waals surface area contributed by atoms with Crippen LogP contribution in [0.5, 0.6) is 0 Å². The maximum Gasteiger partial charge on any atom is 0.252 e. The van der Waals surface area contributed by atoms with Crippen LogP contribution >= 0.6 is 0 Å². The van der Waals surface area contributed by atoms with Crippen molar-refractivity contribution >= 4 is 16.6 Å². The number of aryl methyl sites for hydroxylation is 1. The Balaban J connectivity index is 2.23. The van der Waals surface area contributed by atoms with Crippen LogP contribution in [0.15, 0.2) is 35.1 Å². The number of nitrogens with two attached hydrogens (primary N) is 1. The van der Waals surface area contributed by atoms with Crippen molar-refractivity contribution in [2.45, 2.75) is 12.5 Å². The third-order valence-electron chi connectivity index (χ3n) is 3.70. The Morgan fingerprint density at radius 3 is 2.83 bits per heavy atom. The minimum Gasteiger partial charge on any atom is -0.369 e. The lowest BCUT2D eigenvalue weighted by Gasteiger charge is -2.21. The molecule has 2 heterocycles. The highest BCUT2D eigenvalue weighted by Crippen LogP contribution is 2.27. The molecule has 4 heteroatoms. The molecule has 1 aromatic heterocycles. The van der Waals surface area contributed by atoms with Crippen LogP contribution in [0.1, 0.15) is 6.42 Å². The number of anilines is 1. The lowest BCUT2D eigenvalue weighted by molar-refractivity contribution is 0.752. The van der Waals surface area contributed by atoms with Crippen molar-refractivity contribution in [1.29, 1.82) is 0 Å². The van der Waals surface area contributed by atoms with E-state index in [0.717, 1.165) is 36.1 Å². The standard InChI is InChI=1S/C14H17N3O/c1-16-12-5-3-2-4-11(12)13(8-14(16)18)17-7-6-10(15)9-17/h2-5,8,10H,6-7,9,15H2,1H3. The zero-order valence-electron chi connectivity index (χ0n) is 10.5. The van der Waals surface area contributed by atoms with E-state index in [2.05, 4.69) is 11.0 Å². The second kappa shape index (κ2) is 4.14. The van der Waals surface area contributed by atoms with Crippen LogP contribution in [0, 0.1) is 0 Å². The second-order valence-corrected chi connectivity index (χ2v) is 4.94. The van der Waals surface area contributed by atoms with Crippen molar-refractivity contribution in [2.24, 2.45) is 12.8 Å². The fourth-order valence-electron chi connectivity index (χ4n) is 2.66. The van der Waals surface area contributed by atoms with Crippen LogP contribution in [0.3, 0.4) is 0 Å². The molecule has 1 aliphatic heterocycles. The van der Waals surface area contributed by atoms with Crippen LogP contribution in [0.2, 0.25) is 0 Å². The van der Waals surface area contributed by atoms with Crippen LogP contribution in [-0.2, 0) is 7.05 Å². The molecule has 0 aliphatic carbocycles. The summed E-state index contributed by atoms with van der Waals surface area (Å²) in [6, 6.07) is 9.95. The summed E-state index contributed by atoms with van der Waals surface area (Å²) in [5.74, 6) is 0. The van der Waals surface area contributed by atoms with E-state index in [0.29, 0.717) is 0 Å². The highest BCUT2D eigenvalue weighted by molar-refractivity contribution is 5.92. The fraction of sp³-hybridized carbons (Fsp3) is 0.357. The Labute approximate surface area is 106 Å². The van der Waals surface area contributed by atoms with Gasteiger partial charge in [0.05, 0.1) is 11.2 Å². The number of hydrogen-bond acceptors (Lipinski definition) is 3. The van der Waals surface area contributed by atoms with Crippen molar-refractivity contribution in [2.75, 3.05) is 18.0 Å². The normalized spacial score (nSPS) is 19.7. The monoisotopic (exact) mass is 243 g/mol. The molecule has 94 valence electrons. The minimum absolute atomic E-state index is 0.0316. The Morgan fingerprint density at radius 1 is 1.33 bits per heavy atom. The zero-order chi connectivity index (χ0) is 12.7. The topological polar surface area (TPSA) is 51.3 Å². The predicted molar refractivity (Wildman–Crippen MR) is 74.0 cm³/mol. The smallest absolute Gasteiger partial charge is 0.252 e. The molecule has 0 saturated carbocycles. The second-order valence-electron chi connectivity index (χ2n) is 4.94. The summed E-state index contributed by atoms with van der Waals surface area (Å²) >= 11 is 0. The quantitative estimate of drug-likeness (QED) is 0.815. The first kappa shape index (κ1) is 11.3. The molecule has 0 bridgehead atoms. The van der Waals surface area contributed by atoms with Gasteiger partial charge < -0.3 is 15.2 Å². The molecular weight excluding hydrogens is 226 g/mol. The zero-order valence-corrected chi connectivity index (χ0v) is 10.5. The van der Waals surface area contributed by atoms with E-state index >= 15 is 0 Å². The van der Waals surface area contributed by atoms with Gasteiger partial charge >= 0.3 is 0 Å². The van der Waals surface area contributed by atoms with E-state index in [1.807, 2.05) is 25.2 Å². The fourth-order valence-corrected chi connectivity index (χ4v) is 2.66. The average Bonchev–Trinajstić information content (AvgIpc) is 2.80. The molecule has 1 atom stereocenters. The maximum absolute atomic E-state index is 12.0. The van der Waals surface area contributed by atoms with Crippen LogP contribution < -0.4 is 16.2 Å². The number of hydrogen-bond donors (Lipinski definition) is 1. The Kier molecular flexibility index (Phi) is 2.59. The highest BCUT2D eigenvalue weighted by atomic mass is 16.1. The minimum atomic E-state index is 0.0316. The van der Waals surface area contributed by atoms with Crippen molar-refractivity contribution in [3.05, 3.63) is 40.7 Å². The summed E-state index contributed by atoms with van der Waals surface area (Å²) in [5.41, 5.74) is 7.97. The van der Waals surface area contributed by atoms with E-state index in [4.69, 9.17) is 5.73 Å². The van der Waals surface area contributed by atoms with Crippen molar-refractivity contribution < 1.29 is 0 Å². The van der Waals surface area contributed by atoms with Gasteiger partial charge in [-0.3, -0.25) is 4.79 Å². The van der Waals surface area contributed by atoms with Gasteiger partial charge in [0.25, 0.3) is 5.56 Å². The van der Waals surface area contributed by atoms with E-state index in [1.54, 1.807) is 10.6 Å². The lowest BCUT2D eigenvalue weighted by Crippen LogP contribution is -2.28. The summed E-state index contributed by atoms with van der Waals surface area (Å²) in [4.78, 5) is 14.2. The van der Waals surface area contributed by atoms with E-state index < -0.39 is 0 Å². The van der Waals surface area contributed by atoms with Gasteiger partial charge in [0.2, 0.25) is 0 Å². The van der Waals surface area contributed by atoms with Gasteiger partial charge in [0.15, 0.2) is 0 Å². The first-order valence-electron chi connectivity index (χ1n) is 6.26. The average molecular weight is 243 g/mol. The molecule has 1 fully saturated rings. The molecule has 0 radical (unpaired) electrons. The number of pyridine rings is 1. The Bertz CT molecular complexity index is 647. The van der Waals surface area contributed by atoms with Crippen molar-refractivity contribution in [1.82, 2.24) is 4.57 Å². The van der Waals surface area contributed by atoms with Crippen LogP contribution in [0.25, 0.3) is 10.9 Å². The summed E-state index contributed by atoms with van der Waals surface area (Å²) in [6.45, 7) is 1.76. The maximum atomic E-state index is 12.0. The largest absolute Gasteiger partial charge is 0.369 e. The van der Waals surface area contributed by atoms with Crippen molar-refractivity contribution in [3.8, 4) is 0 Å². The number of nitrogens with zero attached hydrogens (tertiary/aromatic N) is 2. The molecule has 4 nitrogen and oxygen atoms in total. The molecule has 1 aromatic carbocycles. The summed E-state index contributed by atoms with van der Waals surface area (Å²) < 4.78 is 1.69. The number of para-hydroxylation sites is 1. The number of rotatable bonds is 1. The molecule has 2 N–H and O–H groups in total. The Morgan fingerprint density at radius 2 is 2.11 bits per heavy atom. The first-order valence-corrected chi connectivity index (χ1v) is 6.26. The molecular formula is C14H17N3O. The van der Waals surface area contributed by atoms with Gasteiger partial charge in [-0.15, -0.1) is 0 Å². The molecule has 2 aromatic rings. The van der Waals surface area contributed by atoms with Crippen LogP contribution in [0.4, 0.5) is 5.69 Å². The molecule has 18 heavy (non-hydrogen) atoms. The third kappa shape index (κ3) is 1.69. The molecule has 3 rings (SSSR count). The first-order chi connectivity index (χ1) is 8.66. The third-order valence-corrected chi connectivity index (χ3v) is 3.70.